The number of hydrogen-bond donors (Lipinski definition) is 1. The Balaban J connectivity index is 1.65. The standard InChI is InChI=1S/C20H20F3NO/c21-20(22,23)18-8-4-7-17(13-18)15-9-11-24(12-10-15)14-19(25)16-5-2-1-3-6-16/h1-9,13,19,25H,10-12,14H2. The second-order valence-corrected chi connectivity index (χ2v) is 6.24. The molecule has 1 N–H and O–H groups in total. The van der Waals surface area contributed by atoms with Crippen molar-refractivity contribution in [1.82, 2.24) is 4.90 Å². The third-order valence-corrected chi connectivity index (χ3v) is 4.47. The van der Waals surface area contributed by atoms with E-state index in [1.165, 1.54) is 12.1 Å². The average Bonchev–Trinajstić information content (AvgIpc) is 2.62. The second kappa shape index (κ2) is 7.42. The molecule has 2 nitrogen and oxygen atoms in total. The Morgan fingerprint density at radius 1 is 1.04 bits per heavy atom. The van der Waals surface area contributed by atoms with Crippen molar-refractivity contribution in [3.8, 4) is 0 Å². The predicted octanol–water partition coefficient (Wildman–Crippen LogP) is 4.53. The Labute approximate surface area is 145 Å². The van der Waals surface area contributed by atoms with Gasteiger partial charge in [-0.3, -0.25) is 4.90 Å². The van der Waals surface area contributed by atoms with E-state index in [-0.39, 0.29) is 0 Å². The molecule has 0 saturated heterocycles. The van der Waals surface area contributed by atoms with Crippen LogP contribution >= 0.6 is 0 Å². The highest BCUT2D eigenvalue weighted by atomic mass is 19.4. The molecule has 1 aliphatic heterocycles. The summed E-state index contributed by atoms with van der Waals surface area (Å²) in [4.78, 5) is 2.11. The van der Waals surface area contributed by atoms with E-state index < -0.39 is 17.8 Å². The van der Waals surface area contributed by atoms with Gasteiger partial charge in [-0.2, -0.15) is 13.2 Å². The summed E-state index contributed by atoms with van der Waals surface area (Å²) in [5, 5.41) is 10.3. The summed E-state index contributed by atoms with van der Waals surface area (Å²) in [6.45, 7) is 1.85. The fraction of sp³-hybridized carbons (Fsp3) is 0.300. The maximum absolute atomic E-state index is 12.8. The Bertz CT molecular complexity index is 740. The van der Waals surface area contributed by atoms with E-state index in [9.17, 15) is 18.3 Å². The molecule has 0 aromatic heterocycles. The van der Waals surface area contributed by atoms with Crippen LogP contribution in [0.15, 0.2) is 60.7 Å². The molecule has 25 heavy (non-hydrogen) atoms. The summed E-state index contributed by atoms with van der Waals surface area (Å²) < 4.78 is 38.5. The first-order chi connectivity index (χ1) is 11.9. The zero-order valence-electron chi connectivity index (χ0n) is 13.7. The number of alkyl halides is 3. The molecule has 0 fully saturated rings. The van der Waals surface area contributed by atoms with Crippen LogP contribution in [0.2, 0.25) is 0 Å². The Morgan fingerprint density at radius 2 is 1.80 bits per heavy atom. The first-order valence-electron chi connectivity index (χ1n) is 8.25. The van der Waals surface area contributed by atoms with Crippen molar-refractivity contribution in [2.45, 2.75) is 18.7 Å². The molecule has 0 saturated carbocycles. The molecule has 3 rings (SSSR count). The van der Waals surface area contributed by atoms with E-state index in [2.05, 4.69) is 4.90 Å². The van der Waals surface area contributed by atoms with E-state index in [1.54, 1.807) is 6.07 Å². The molecule has 0 bridgehead atoms. The third-order valence-electron chi connectivity index (χ3n) is 4.47. The van der Waals surface area contributed by atoms with Crippen molar-refractivity contribution >= 4 is 5.57 Å². The molecule has 1 atom stereocenters. The van der Waals surface area contributed by atoms with Gasteiger partial charge in [-0.05, 0) is 35.3 Å². The van der Waals surface area contributed by atoms with E-state index in [0.29, 0.717) is 31.6 Å². The molecule has 0 aliphatic carbocycles. The van der Waals surface area contributed by atoms with Crippen molar-refractivity contribution in [3.05, 3.63) is 77.4 Å². The van der Waals surface area contributed by atoms with Crippen molar-refractivity contribution in [1.29, 1.82) is 0 Å². The zero-order valence-corrected chi connectivity index (χ0v) is 13.7. The maximum Gasteiger partial charge on any atom is 0.416 e. The molecule has 5 heteroatoms. The number of halogens is 3. The number of rotatable bonds is 4. The van der Waals surface area contributed by atoms with Gasteiger partial charge < -0.3 is 5.11 Å². The van der Waals surface area contributed by atoms with E-state index >= 15 is 0 Å². The molecule has 1 aliphatic rings. The topological polar surface area (TPSA) is 23.5 Å². The minimum absolute atomic E-state index is 0.510. The lowest BCUT2D eigenvalue weighted by Gasteiger charge is -2.28. The highest BCUT2D eigenvalue weighted by Crippen LogP contribution is 2.32. The van der Waals surface area contributed by atoms with Crippen molar-refractivity contribution in [2.75, 3.05) is 19.6 Å². The Kier molecular flexibility index (Phi) is 5.25. The van der Waals surface area contributed by atoms with E-state index in [0.717, 1.165) is 17.2 Å². The number of β-amino-alcohol motifs (C(OH)–C–C–N with tert-alkyl or cyclic N) is 1. The average molecular weight is 347 g/mol. The van der Waals surface area contributed by atoms with Crippen molar-refractivity contribution < 1.29 is 18.3 Å². The van der Waals surface area contributed by atoms with Crippen LogP contribution in [-0.2, 0) is 6.18 Å². The van der Waals surface area contributed by atoms with Gasteiger partial charge >= 0.3 is 6.18 Å². The highest BCUT2D eigenvalue weighted by Gasteiger charge is 2.30. The molecule has 0 radical (unpaired) electrons. The normalized spacial score (nSPS) is 17.2. The van der Waals surface area contributed by atoms with Crippen LogP contribution in [0.4, 0.5) is 13.2 Å². The minimum Gasteiger partial charge on any atom is -0.387 e. The fourth-order valence-corrected chi connectivity index (χ4v) is 3.06. The fourth-order valence-electron chi connectivity index (χ4n) is 3.06. The lowest BCUT2D eigenvalue weighted by Crippen LogP contribution is -2.32. The zero-order chi connectivity index (χ0) is 17.9. The number of aliphatic hydroxyl groups is 1. The molecule has 2 aromatic rings. The summed E-state index contributed by atoms with van der Waals surface area (Å²) in [5.74, 6) is 0. The smallest absolute Gasteiger partial charge is 0.387 e. The summed E-state index contributed by atoms with van der Waals surface area (Å²) in [6.07, 6.45) is -2.26. The largest absolute Gasteiger partial charge is 0.416 e. The van der Waals surface area contributed by atoms with Crippen LogP contribution in [-0.4, -0.2) is 29.6 Å². The lowest BCUT2D eigenvalue weighted by atomic mass is 9.97. The van der Waals surface area contributed by atoms with Gasteiger partial charge in [0.05, 0.1) is 11.7 Å². The summed E-state index contributed by atoms with van der Waals surface area (Å²) in [6, 6.07) is 14.9. The SMILES string of the molecule is OC(CN1CC=C(c2cccc(C(F)(F)F)c2)CC1)c1ccccc1. The van der Waals surface area contributed by atoms with Crippen LogP contribution < -0.4 is 0 Å². The highest BCUT2D eigenvalue weighted by molar-refractivity contribution is 5.67. The Hall–Kier alpha value is -2.11. The van der Waals surface area contributed by atoms with Gasteiger partial charge in [-0.25, -0.2) is 0 Å². The van der Waals surface area contributed by atoms with E-state index in [1.807, 2.05) is 36.4 Å². The molecule has 1 unspecified atom stereocenters. The van der Waals surface area contributed by atoms with E-state index in [4.69, 9.17) is 0 Å². The van der Waals surface area contributed by atoms with Gasteiger partial charge in [-0.15, -0.1) is 0 Å². The number of nitrogens with zero attached hydrogens (tertiary/aromatic N) is 1. The van der Waals surface area contributed by atoms with Gasteiger partial charge in [0.15, 0.2) is 0 Å². The first kappa shape index (κ1) is 17.7. The van der Waals surface area contributed by atoms with Crippen molar-refractivity contribution in [2.24, 2.45) is 0 Å². The van der Waals surface area contributed by atoms with Gasteiger partial charge in [0.1, 0.15) is 0 Å². The van der Waals surface area contributed by atoms with Gasteiger partial charge in [0, 0.05) is 19.6 Å². The maximum atomic E-state index is 12.8. The van der Waals surface area contributed by atoms with Crippen LogP contribution in [0.25, 0.3) is 5.57 Å². The van der Waals surface area contributed by atoms with Gasteiger partial charge in [0.2, 0.25) is 0 Å². The van der Waals surface area contributed by atoms with Crippen LogP contribution in [0.5, 0.6) is 0 Å². The molecular weight excluding hydrogens is 327 g/mol. The van der Waals surface area contributed by atoms with Crippen LogP contribution in [0.1, 0.15) is 29.2 Å². The number of aliphatic hydroxyl groups excluding tert-OH is 1. The lowest BCUT2D eigenvalue weighted by molar-refractivity contribution is -0.137. The third kappa shape index (κ3) is 4.50. The summed E-state index contributed by atoms with van der Waals surface area (Å²) in [5.41, 5.74) is 1.80. The molecule has 2 aromatic carbocycles. The van der Waals surface area contributed by atoms with Crippen molar-refractivity contribution in [3.63, 3.8) is 0 Å². The molecule has 0 spiro atoms. The van der Waals surface area contributed by atoms with Gasteiger partial charge in [0.25, 0.3) is 0 Å². The first-order valence-corrected chi connectivity index (χ1v) is 8.25. The molecular formula is C20H20F3NO. The predicted molar refractivity (Wildman–Crippen MR) is 91.9 cm³/mol. The quantitative estimate of drug-likeness (QED) is 0.878. The second-order valence-electron chi connectivity index (χ2n) is 6.24. The number of hydrogen-bond acceptors (Lipinski definition) is 2. The van der Waals surface area contributed by atoms with Crippen LogP contribution in [0.3, 0.4) is 0 Å². The molecule has 0 amide bonds. The molecule has 132 valence electrons. The van der Waals surface area contributed by atoms with Gasteiger partial charge in [-0.1, -0.05) is 48.5 Å². The molecule has 1 heterocycles. The monoisotopic (exact) mass is 347 g/mol. The van der Waals surface area contributed by atoms with Crippen LogP contribution in [0, 0.1) is 0 Å². The Morgan fingerprint density at radius 3 is 2.44 bits per heavy atom. The summed E-state index contributed by atoms with van der Waals surface area (Å²) in [7, 11) is 0. The summed E-state index contributed by atoms with van der Waals surface area (Å²) >= 11 is 0. The minimum atomic E-state index is -4.32. The number of benzene rings is 2.